The molecule has 0 aliphatic carbocycles. The molecule has 0 radical (unpaired) electrons. The van der Waals surface area contributed by atoms with E-state index in [-0.39, 0.29) is 31.4 Å². The third-order valence-corrected chi connectivity index (χ3v) is 6.31. The lowest BCUT2D eigenvalue weighted by Gasteiger charge is -2.34. The second kappa shape index (κ2) is 7.79. The van der Waals surface area contributed by atoms with Gasteiger partial charge in [0.2, 0.25) is 0 Å². The number of aryl methyl sites for hydroxylation is 1. The number of carbonyl (C=O) groups excluding carboxylic acids is 1. The van der Waals surface area contributed by atoms with Crippen LogP contribution in [-0.4, -0.2) is 54.7 Å². The Balaban J connectivity index is 1.38. The van der Waals surface area contributed by atoms with Crippen LogP contribution in [0.4, 0.5) is 10.1 Å². The third-order valence-electron chi connectivity index (χ3n) is 6.31. The van der Waals surface area contributed by atoms with Crippen LogP contribution in [0.2, 0.25) is 0 Å². The molecule has 11 heteroatoms. The van der Waals surface area contributed by atoms with E-state index in [0.29, 0.717) is 34.1 Å². The Bertz CT molecular complexity index is 1470. The molecule has 1 aromatic carbocycles. The summed E-state index contributed by atoms with van der Waals surface area (Å²) in [6.45, 7) is 3.95. The maximum absolute atomic E-state index is 14.4. The molecule has 0 bridgehead atoms. The number of benzene rings is 1. The monoisotopic (exact) mass is 476 g/mol. The van der Waals surface area contributed by atoms with E-state index in [1.807, 2.05) is 11.3 Å². The van der Waals surface area contributed by atoms with Crippen LogP contribution in [0.1, 0.15) is 24.1 Å². The number of carbonyl (C=O) groups is 1. The Kier molecular flexibility index (Phi) is 4.80. The van der Waals surface area contributed by atoms with Crippen LogP contribution in [-0.2, 0) is 21.7 Å². The number of imidazole rings is 1. The van der Waals surface area contributed by atoms with Crippen molar-refractivity contribution in [2.24, 2.45) is 0 Å². The lowest BCUT2D eigenvalue weighted by atomic mass is 10.0. The first-order valence-corrected chi connectivity index (χ1v) is 11.1. The van der Waals surface area contributed by atoms with E-state index in [4.69, 9.17) is 9.47 Å². The lowest BCUT2D eigenvalue weighted by Crippen LogP contribution is -2.47. The van der Waals surface area contributed by atoms with Crippen LogP contribution in [0, 0.1) is 12.7 Å². The molecule has 1 atom stereocenters. The summed E-state index contributed by atoms with van der Waals surface area (Å²) in [5.41, 5.74) is 2.54. The number of amides is 1. The van der Waals surface area contributed by atoms with Gasteiger partial charge in [0, 0.05) is 24.2 Å². The maximum Gasteiger partial charge on any atom is 0.268 e. The van der Waals surface area contributed by atoms with Gasteiger partial charge in [-0.05, 0) is 26.0 Å². The average Bonchev–Trinajstić information content (AvgIpc) is 3.15. The van der Waals surface area contributed by atoms with E-state index in [0.717, 1.165) is 5.69 Å². The number of anilines is 1. The number of hydrogen-bond acceptors (Lipinski definition) is 8. The molecular formula is C24H21FN6O4. The van der Waals surface area contributed by atoms with Gasteiger partial charge >= 0.3 is 0 Å². The van der Waals surface area contributed by atoms with Crippen molar-refractivity contribution in [1.29, 1.82) is 0 Å². The number of halogens is 1. The summed E-state index contributed by atoms with van der Waals surface area (Å²) in [4.78, 5) is 32.2. The maximum atomic E-state index is 14.4. The summed E-state index contributed by atoms with van der Waals surface area (Å²) < 4.78 is 26.8. The van der Waals surface area contributed by atoms with Crippen molar-refractivity contribution in [3.05, 3.63) is 66.0 Å². The smallest absolute Gasteiger partial charge is 0.268 e. The topological polar surface area (TPSA) is 115 Å². The number of aromatic nitrogens is 5. The molecule has 35 heavy (non-hydrogen) atoms. The molecule has 3 aromatic heterocycles. The van der Waals surface area contributed by atoms with Gasteiger partial charge in [0.05, 0.1) is 48.7 Å². The molecule has 10 nitrogen and oxygen atoms in total. The van der Waals surface area contributed by atoms with Crippen molar-refractivity contribution >= 4 is 17.2 Å². The minimum Gasteiger partial charge on any atom is -0.476 e. The Hall–Kier alpha value is -3.96. The molecule has 4 aromatic rings. The minimum atomic E-state index is -1.15. The summed E-state index contributed by atoms with van der Waals surface area (Å²) in [5.74, 6) is -0.425. The van der Waals surface area contributed by atoms with Crippen LogP contribution in [0.5, 0.6) is 5.75 Å². The SMILES string of the molecule is Cc1nc2cnc(-c3cnc(C4(O)COC4)nc3)cn2c1CN1C(=O)[C@@H](C)Oc2c(F)cccc21. The number of hydrogen-bond donors (Lipinski definition) is 1. The van der Waals surface area contributed by atoms with Crippen molar-refractivity contribution in [2.45, 2.75) is 32.1 Å². The van der Waals surface area contributed by atoms with Crippen molar-refractivity contribution in [3.63, 3.8) is 0 Å². The second-order valence-electron chi connectivity index (χ2n) is 8.74. The molecule has 1 N–H and O–H groups in total. The predicted molar refractivity (Wildman–Crippen MR) is 121 cm³/mol. The summed E-state index contributed by atoms with van der Waals surface area (Å²) >= 11 is 0. The third kappa shape index (κ3) is 3.43. The lowest BCUT2D eigenvalue weighted by molar-refractivity contribution is -0.189. The van der Waals surface area contributed by atoms with Gasteiger partial charge in [0.1, 0.15) is 0 Å². The van der Waals surface area contributed by atoms with E-state index in [1.54, 1.807) is 43.8 Å². The largest absolute Gasteiger partial charge is 0.476 e. The minimum absolute atomic E-state index is 0.0594. The Morgan fingerprint density at radius 2 is 1.97 bits per heavy atom. The number of fused-ring (bicyclic) bond motifs is 2. The van der Waals surface area contributed by atoms with Crippen molar-refractivity contribution in [3.8, 4) is 17.0 Å². The molecule has 1 saturated heterocycles. The summed E-state index contributed by atoms with van der Waals surface area (Å²) in [6.07, 6.45) is 5.81. The van der Waals surface area contributed by atoms with Crippen LogP contribution in [0.3, 0.4) is 0 Å². The van der Waals surface area contributed by atoms with Crippen molar-refractivity contribution < 1.29 is 23.8 Å². The van der Waals surface area contributed by atoms with Gasteiger partial charge in [-0.25, -0.2) is 19.3 Å². The highest BCUT2D eigenvalue weighted by Gasteiger charge is 2.41. The van der Waals surface area contributed by atoms with Crippen LogP contribution >= 0.6 is 0 Å². The predicted octanol–water partition coefficient (Wildman–Crippen LogP) is 2.17. The zero-order chi connectivity index (χ0) is 24.3. The first-order chi connectivity index (χ1) is 16.8. The number of ether oxygens (including phenoxy) is 2. The van der Waals surface area contributed by atoms with Crippen LogP contribution in [0.25, 0.3) is 16.9 Å². The van der Waals surface area contributed by atoms with E-state index < -0.39 is 17.5 Å². The van der Waals surface area contributed by atoms with E-state index in [1.165, 1.54) is 11.0 Å². The average molecular weight is 476 g/mol. The molecule has 0 unspecified atom stereocenters. The van der Waals surface area contributed by atoms with Gasteiger partial charge in [0.15, 0.2) is 34.7 Å². The summed E-state index contributed by atoms with van der Waals surface area (Å²) in [6, 6.07) is 4.52. The normalized spacial score (nSPS) is 18.8. The van der Waals surface area contributed by atoms with Gasteiger partial charge in [-0.15, -0.1) is 0 Å². The molecule has 178 valence electrons. The molecule has 2 aliphatic rings. The quantitative estimate of drug-likeness (QED) is 0.477. The molecule has 1 fully saturated rings. The number of aliphatic hydroxyl groups is 1. The fourth-order valence-corrected chi connectivity index (χ4v) is 4.29. The van der Waals surface area contributed by atoms with E-state index in [2.05, 4.69) is 19.9 Å². The molecule has 1 amide bonds. The van der Waals surface area contributed by atoms with Crippen molar-refractivity contribution in [2.75, 3.05) is 18.1 Å². The zero-order valence-electron chi connectivity index (χ0n) is 19.0. The van der Waals surface area contributed by atoms with Crippen LogP contribution in [0.15, 0.2) is 43.0 Å². The highest BCUT2D eigenvalue weighted by atomic mass is 19.1. The molecule has 0 spiro atoms. The highest BCUT2D eigenvalue weighted by molar-refractivity contribution is 5.99. The number of nitrogens with zero attached hydrogens (tertiary/aromatic N) is 6. The van der Waals surface area contributed by atoms with Gasteiger partial charge < -0.3 is 14.6 Å². The van der Waals surface area contributed by atoms with Crippen LogP contribution < -0.4 is 9.64 Å². The number of para-hydroxylation sites is 1. The fraction of sp³-hybridized carbons (Fsp3) is 0.292. The Morgan fingerprint density at radius 3 is 2.69 bits per heavy atom. The summed E-state index contributed by atoms with van der Waals surface area (Å²) in [5, 5.41) is 10.4. The molecular weight excluding hydrogens is 455 g/mol. The first kappa shape index (κ1) is 21.6. The fourth-order valence-electron chi connectivity index (χ4n) is 4.29. The Morgan fingerprint density at radius 1 is 1.20 bits per heavy atom. The van der Waals surface area contributed by atoms with Gasteiger partial charge in [0.25, 0.3) is 5.91 Å². The highest BCUT2D eigenvalue weighted by Crippen LogP contribution is 2.37. The van der Waals surface area contributed by atoms with E-state index in [9.17, 15) is 14.3 Å². The zero-order valence-corrected chi connectivity index (χ0v) is 19.0. The first-order valence-electron chi connectivity index (χ1n) is 11.1. The molecule has 2 aliphatic heterocycles. The Labute approximate surface area is 199 Å². The summed E-state index contributed by atoms with van der Waals surface area (Å²) in [7, 11) is 0. The second-order valence-corrected chi connectivity index (χ2v) is 8.74. The van der Waals surface area contributed by atoms with E-state index >= 15 is 0 Å². The molecule has 0 saturated carbocycles. The van der Waals surface area contributed by atoms with Gasteiger partial charge in [-0.3, -0.25) is 19.1 Å². The molecule has 6 rings (SSSR count). The molecule has 5 heterocycles. The number of rotatable bonds is 4. The van der Waals surface area contributed by atoms with Crippen molar-refractivity contribution in [1.82, 2.24) is 24.3 Å². The van der Waals surface area contributed by atoms with Gasteiger partial charge in [-0.1, -0.05) is 6.07 Å². The van der Waals surface area contributed by atoms with Gasteiger partial charge in [-0.2, -0.15) is 0 Å². The standard InChI is InChI=1S/C24H21FN6O4/c1-13-19(10-31-18-5-3-4-16(25)21(18)35-14(2)22(31)32)30-9-17(26-8-20(30)29-13)15-6-27-23(28-7-15)24(33)11-34-12-24/h3-9,14,33H,10-12H2,1-2H3/t14-/m1/s1.